The number of ether oxygens (including phenoxy) is 2. The molecular weight excluding hydrogens is 271 g/mol. The van der Waals surface area contributed by atoms with Crippen LogP contribution in [-0.2, 0) is 22.2 Å². The second-order valence-corrected chi connectivity index (χ2v) is 4.96. The van der Waals surface area contributed by atoms with Gasteiger partial charge in [0.15, 0.2) is 0 Å². The standard InChI is InChI=1S/C14H18F3NO2/c1-18(9-13-10-19-6-7-20-13)8-11-2-4-12(5-3-11)14(15,16)17/h2-5,13H,6-10H2,1H3/t13-/m1/s1. The van der Waals surface area contributed by atoms with Crippen molar-refractivity contribution < 1.29 is 22.6 Å². The van der Waals surface area contributed by atoms with Crippen LogP contribution in [0.1, 0.15) is 11.1 Å². The minimum absolute atomic E-state index is 0.0307. The molecule has 0 aliphatic carbocycles. The lowest BCUT2D eigenvalue weighted by atomic mass is 10.1. The lowest BCUT2D eigenvalue weighted by molar-refractivity contribution is -0.137. The highest BCUT2D eigenvalue weighted by atomic mass is 19.4. The van der Waals surface area contributed by atoms with Crippen LogP contribution in [0.5, 0.6) is 0 Å². The van der Waals surface area contributed by atoms with E-state index >= 15 is 0 Å². The van der Waals surface area contributed by atoms with Gasteiger partial charge in [-0.3, -0.25) is 4.90 Å². The molecule has 0 spiro atoms. The predicted octanol–water partition coefficient (Wildman–Crippen LogP) is 2.55. The van der Waals surface area contributed by atoms with Crippen LogP contribution in [0.4, 0.5) is 13.2 Å². The molecule has 1 aliphatic heterocycles. The molecule has 1 fully saturated rings. The third-order valence-corrected chi connectivity index (χ3v) is 3.13. The van der Waals surface area contributed by atoms with Crippen molar-refractivity contribution in [3.63, 3.8) is 0 Å². The van der Waals surface area contributed by atoms with Crippen LogP contribution in [0.15, 0.2) is 24.3 Å². The number of likely N-dealkylation sites (N-methyl/N-ethyl adjacent to an activating group) is 1. The van der Waals surface area contributed by atoms with E-state index in [1.54, 1.807) is 0 Å². The maximum Gasteiger partial charge on any atom is 0.416 e. The highest BCUT2D eigenvalue weighted by Crippen LogP contribution is 2.29. The van der Waals surface area contributed by atoms with Crippen LogP contribution < -0.4 is 0 Å². The molecule has 0 unspecified atom stereocenters. The summed E-state index contributed by atoms with van der Waals surface area (Å²) < 4.78 is 48.2. The maximum absolute atomic E-state index is 12.5. The number of rotatable bonds is 4. The van der Waals surface area contributed by atoms with Crippen molar-refractivity contribution in [2.45, 2.75) is 18.8 Å². The SMILES string of the molecule is CN(Cc1ccc(C(F)(F)F)cc1)C[C@@H]1COCCO1. The van der Waals surface area contributed by atoms with Gasteiger partial charge in [-0.1, -0.05) is 12.1 Å². The molecule has 0 radical (unpaired) electrons. The Hall–Kier alpha value is -1.11. The second-order valence-electron chi connectivity index (χ2n) is 4.96. The minimum atomic E-state index is -4.28. The third kappa shape index (κ3) is 4.47. The maximum atomic E-state index is 12.5. The average molecular weight is 289 g/mol. The fourth-order valence-corrected chi connectivity index (χ4v) is 2.16. The van der Waals surface area contributed by atoms with Crippen molar-refractivity contribution in [2.24, 2.45) is 0 Å². The largest absolute Gasteiger partial charge is 0.416 e. The molecule has 112 valence electrons. The smallest absolute Gasteiger partial charge is 0.376 e. The second kappa shape index (κ2) is 6.56. The number of nitrogens with zero attached hydrogens (tertiary/aromatic N) is 1. The summed E-state index contributed by atoms with van der Waals surface area (Å²) in [5.41, 5.74) is 0.227. The summed E-state index contributed by atoms with van der Waals surface area (Å²) in [6, 6.07) is 5.25. The summed E-state index contributed by atoms with van der Waals surface area (Å²) in [4.78, 5) is 2.02. The topological polar surface area (TPSA) is 21.7 Å². The predicted molar refractivity (Wildman–Crippen MR) is 68.3 cm³/mol. The third-order valence-electron chi connectivity index (χ3n) is 3.13. The van der Waals surface area contributed by atoms with E-state index in [0.29, 0.717) is 32.9 Å². The molecule has 0 amide bonds. The van der Waals surface area contributed by atoms with E-state index in [9.17, 15) is 13.2 Å². The van der Waals surface area contributed by atoms with Crippen molar-refractivity contribution in [2.75, 3.05) is 33.4 Å². The van der Waals surface area contributed by atoms with E-state index in [2.05, 4.69) is 0 Å². The van der Waals surface area contributed by atoms with E-state index in [4.69, 9.17) is 9.47 Å². The highest BCUT2D eigenvalue weighted by Gasteiger charge is 2.29. The van der Waals surface area contributed by atoms with Crippen LogP contribution in [0, 0.1) is 0 Å². The summed E-state index contributed by atoms with van der Waals surface area (Å²) in [5.74, 6) is 0. The summed E-state index contributed by atoms with van der Waals surface area (Å²) in [5, 5.41) is 0. The zero-order chi connectivity index (χ0) is 14.6. The molecule has 3 nitrogen and oxygen atoms in total. The zero-order valence-electron chi connectivity index (χ0n) is 11.3. The number of hydrogen-bond acceptors (Lipinski definition) is 3. The molecule has 0 bridgehead atoms. The highest BCUT2D eigenvalue weighted by molar-refractivity contribution is 5.24. The van der Waals surface area contributed by atoms with E-state index < -0.39 is 11.7 Å². The van der Waals surface area contributed by atoms with Gasteiger partial charge in [-0.2, -0.15) is 13.2 Å². The first-order valence-electron chi connectivity index (χ1n) is 6.49. The van der Waals surface area contributed by atoms with Crippen molar-refractivity contribution in [1.82, 2.24) is 4.90 Å². The van der Waals surface area contributed by atoms with E-state index in [0.717, 1.165) is 17.7 Å². The molecule has 0 saturated carbocycles. The molecule has 1 atom stereocenters. The Morgan fingerprint density at radius 3 is 2.45 bits per heavy atom. The van der Waals surface area contributed by atoms with Gasteiger partial charge in [0.25, 0.3) is 0 Å². The van der Waals surface area contributed by atoms with Gasteiger partial charge in [0.05, 0.1) is 31.5 Å². The molecule has 0 N–H and O–H groups in total. The van der Waals surface area contributed by atoms with E-state index in [-0.39, 0.29) is 6.10 Å². The van der Waals surface area contributed by atoms with Gasteiger partial charge in [0.2, 0.25) is 0 Å². The Balaban J connectivity index is 1.86. The van der Waals surface area contributed by atoms with Crippen LogP contribution in [0.25, 0.3) is 0 Å². The number of alkyl halides is 3. The number of hydrogen-bond donors (Lipinski definition) is 0. The van der Waals surface area contributed by atoms with Crippen molar-refractivity contribution in [1.29, 1.82) is 0 Å². The minimum Gasteiger partial charge on any atom is -0.376 e. The monoisotopic (exact) mass is 289 g/mol. The quantitative estimate of drug-likeness (QED) is 0.850. The van der Waals surface area contributed by atoms with Gasteiger partial charge in [0, 0.05) is 13.1 Å². The van der Waals surface area contributed by atoms with Gasteiger partial charge in [0.1, 0.15) is 0 Å². The fourth-order valence-electron chi connectivity index (χ4n) is 2.16. The average Bonchev–Trinajstić information content (AvgIpc) is 2.39. The molecule has 1 aliphatic rings. The molecule has 0 aromatic heterocycles. The van der Waals surface area contributed by atoms with E-state index in [1.165, 1.54) is 12.1 Å². The van der Waals surface area contributed by atoms with Gasteiger partial charge in [-0.05, 0) is 24.7 Å². The molecule has 20 heavy (non-hydrogen) atoms. The van der Waals surface area contributed by atoms with E-state index in [1.807, 2.05) is 11.9 Å². The van der Waals surface area contributed by atoms with Crippen molar-refractivity contribution >= 4 is 0 Å². The van der Waals surface area contributed by atoms with Crippen molar-refractivity contribution in [3.05, 3.63) is 35.4 Å². The van der Waals surface area contributed by atoms with Crippen molar-refractivity contribution in [3.8, 4) is 0 Å². The van der Waals surface area contributed by atoms with Gasteiger partial charge in [-0.15, -0.1) is 0 Å². The first-order valence-corrected chi connectivity index (χ1v) is 6.49. The van der Waals surface area contributed by atoms with Crippen LogP contribution in [0.3, 0.4) is 0 Å². The summed E-state index contributed by atoms with van der Waals surface area (Å²) in [7, 11) is 1.91. The van der Waals surface area contributed by atoms with Gasteiger partial charge < -0.3 is 9.47 Å². The summed E-state index contributed by atoms with van der Waals surface area (Å²) >= 11 is 0. The lowest BCUT2D eigenvalue weighted by Crippen LogP contribution is -2.38. The Morgan fingerprint density at radius 2 is 1.90 bits per heavy atom. The fraction of sp³-hybridized carbons (Fsp3) is 0.571. The molecule has 1 aromatic carbocycles. The van der Waals surface area contributed by atoms with Crippen LogP contribution in [0.2, 0.25) is 0 Å². The molecule has 6 heteroatoms. The molecule has 1 saturated heterocycles. The van der Waals surface area contributed by atoms with Crippen LogP contribution in [-0.4, -0.2) is 44.4 Å². The number of halogens is 3. The zero-order valence-corrected chi connectivity index (χ0v) is 11.3. The van der Waals surface area contributed by atoms with Crippen LogP contribution >= 0.6 is 0 Å². The Bertz CT molecular complexity index is 413. The first kappa shape index (κ1) is 15.3. The normalized spacial score (nSPS) is 20.4. The molecule has 1 aromatic rings. The Morgan fingerprint density at radius 1 is 1.20 bits per heavy atom. The molecule has 1 heterocycles. The molecular formula is C14H18F3NO2. The first-order chi connectivity index (χ1) is 9.45. The Labute approximate surface area is 116 Å². The van der Waals surface area contributed by atoms with Gasteiger partial charge in [-0.25, -0.2) is 0 Å². The summed E-state index contributed by atoms with van der Waals surface area (Å²) in [6.07, 6.45) is -4.25. The van der Waals surface area contributed by atoms with Gasteiger partial charge >= 0.3 is 6.18 Å². The number of benzene rings is 1. The molecule has 2 rings (SSSR count). The summed E-state index contributed by atoms with van der Waals surface area (Å²) in [6.45, 7) is 3.06. The Kier molecular flexibility index (Phi) is 5.01. The lowest BCUT2D eigenvalue weighted by Gasteiger charge is -2.27.